The van der Waals surface area contributed by atoms with E-state index in [4.69, 9.17) is 14.5 Å². The molecule has 0 atom stereocenters. The van der Waals surface area contributed by atoms with Crippen LogP contribution >= 0.6 is 11.8 Å². The molecule has 0 N–H and O–H groups in total. The van der Waals surface area contributed by atoms with E-state index in [2.05, 4.69) is 29.5 Å². The van der Waals surface area contributed by atoms with E-state index in [0.717, 1.165) is 39.3 Å². The summed E-state index contributed by atoms with van der Waals surface area (Å²) in [6.07, 6.45) is 7.32. The monoisotopic (exact) mass is 528 g/mol. The first-order valence-electron chi connectivity index (χ1n) is 12.3. The first kappa shape index (κ1) is 25.6. The number of methoxy groups -OCH3 is 1. The minimum absolute atomic E-state index is 0.274. The fraction of sp³-hybridized carbons (Fsp3) is 0.200. The molecule has 0 saturated heterocycles. The standard InChI is InChI=1S/C30H29FN4O2S/c1-30(2,22-5-4-6-27(19-22)36-3)28-20-33-29(35(28)25-9-7-23(31)8-10-25)38-18-17-37-26-13-11-24(12-14-26)34-16-15-32-21-34/h4-16,19-21H,17-18H2,1-3H3. The lowest BCUT2D eigenvalue weighted by atomic mass is 9.81. The molecular weight excluding hydrogens is 499 g/mol. The number of thioether (sulfide) groups is 1. The van der Waals surface area contributed by atoms with Crippen LogP contribution < -0.4 is 9.47 Å². The lowest BCUT2D eigenvalue weighted by Crippen LogP contribution is -2.23. The van der Waals surface area contributed by atoms with Gasteiger partial charge in [0.2, 0.25) is 0 Å². The Hall–Kier alpha value is -4.04. The normalized spacial score (nSPS) is 11.5. The molecule has 0 aliphatic carbocycles. The van der Waals surface area contributed by atoms with Crippen LogP contribution in [0, 0.1) is 5.82 Å². The van der Waals surface area contributed by atoms with Gasteiger partial charge < -0.3 is 14.0 Å². The molecule has 5 rings (SSSR count). The number of aromatic nitrogens is 4. The van der Waals surface area contributed by atoms with Crippen molar-refractivity contribution >= 4 is 11.8 Å². The molecule has 3 aromatic carbocycles. The molecule has 194 valence electrons. The molecule has 0 aliphatic heterocycles. The summed E-state index contributed by atoms with van der Waals surface area (Å²) in [7, 11) is 1.67. The number of hydrogen-bond donors (Lipinski definition) is 0. The van der Waals surface area contributed by atoms with E-state index in [0.29, 0.717) is 12.4 Å². The number of hydrogen-bond acceptors (Lipinski definition) is 5. The van der Waals surface area contributed by atoms with Gasteiger partial charge in [0, 0.05) is 34.9 Å². The van der Waals surface area contributed by atoms with E-state index in [1.807, 2.05) is 59.4 Å². The van der Waals surface area contributed by atoms with Crippen LogP contribution in [0.1, 0.15) is 25.1 Å². The molecule has 0 spiro atoms. The van der Waals surface area contributed by atoms with Crippen molar-refractivity contribution in [1.82, 2.24) is 19.1 Å². The number of ether oxygens (including phenoxy) is 2. The van der Waals surface area contributed by atoms with Crippen LogP contribution in [0.15, 0.2) is 103 Å². The first-order chi connectivity index (χ1) is 18.5. The molecule has 2 heterocycles. The quantitative estimate of drug-likeness (QED) is 0.149. The van der Waals surface area contributed by atoms with Gasteiger partial charge in [-0.1, -0.05) is 37.7 Å². The number of benzene rings is 3. The van der Waals surface area contributed by atoms with Crippen LogP contribution in [-0.4, -0.2) is 38.6 Å². The summed E-state index contributed by atoms with van der Waals surface area (Å²) in [5.41, 5.74) is 3.59. The van der Waals surface area contributed by atoms with Gasteiger partial charge in [-0.3, -0.25) is 4.57 Å². The molecule has 0 saturated carbocycles. The van der Waals surface area contributed by atoms with Crippen molar-refractivity contribution in [1.29, 1.82) is 0 Å². The number of nitrogens with zero attached hydrogens (tertiary/aromatic N) is 4. The molecule has 0 radical (unpaired) electrons. The number of rotatable bonds is 10. The van der Waals surface area contributed by atoms with Gasteiger partial charge in [-0.2, -0.15) is 0 Å². The third-order valence-corrected chi connectivity index (χ3v) is 7.39. The van der Waals surface area contributed by atoms with Gasteiger partial charge in [-0.15, -0.1) is 0 Å². The highest BCUT2D eigenvalue weighted by molar-refractivity contribution is 7.99. The number of halogens is 1. The molecule has 2 aromatic heterocycles. The second kappa shape index (κ2) is 11.1. The van der Waals surface area contributed by atoms with Crippen molar-refractivity contribution in [3.8, 4) is 22.9 Å². The van der Waals surface area contributed by atoms with Crippen molar-refractivity contribution in [3.05, 3.63) is 115 Å². The Kier molecular flexibility index (Phi) is 7.51. The highest BCUT2D eigenvalue weighted by Crippen LogP contribution is 2.37. The predicted molar refractivity (Wildman–Crippen MR) is 148 cm³/mol. The maximum absolute atomic E-state index is 13.8. The van der Waals surface area contributed by atoms with Gasteiger partial charge >= 0.3 is 0 Å². The zero-order valence-electron chi connectivity index (χ0n) is 21.5. The maximum Gasteiger partial charge on any atom is 0.172 e. The van der Waals surface area contributed by atoms with Crippen LogP contribution in [0.2, 0.25) is 0 Å². The molecule has 38 heavy (non-hydrogen) atoms. The van der Waals surface area contributed by atoms with Gasteiger partial charge in [-0.25, -0.2) is 14.4 Å². The van der Waals surface area contributed by atoms with E-state index in [9.17, 15) is 4.39 Å². The Balaban J connectivity index is 1.34. The number of imidazole rings is 2. The van der Waals surface area contributed by atoms with E-state index >= 15 is 0 Å². The van der Waals surface area contributed by atoms with Crippen molar-refractivity contribution in [2.24, 2.45) is 0 Å². The fourth-order valence-corrected chi connectivity index (χ4v) is 5.11. The van der Waals surface area contributed by atoms with Crippen LogP contribution in [0.3, 0.4) is 0 Å². The van der Waals surface area contributed by atoms with Crippen LogP contribution in [0.25, 0.3) is 11.4 Å². The third-order valence-electron chi connectivity index (χ3n) is 6.47. The van der Waals surface area contributed by atoms with E-state index in [-0.39, 0.29) is 11.2 Å². The van der Waals surface area contributed by atoms with Crippen molar-refractivity contribution < 1.29 is 13.9 Å². The van der Waals surface area contributed by atoms with Gasteiger partial charge in [0.15, 0.2) is 5.16 Å². The van der Waals surface area contributed by atoms with Crippen LogP contribution in [-0.2, 0) is 5.41 Å². The third kappa shape index (κ3) is 5.45. The average Bonchev–Trinajstić information content (AvgIpc) is 3.63. The van der Waals surface area contributed by atoms with Crippen molar-refractivity contribution in [3.63, 3.8) is 0 Å². The molecule has 8 heteroatoms. The largest absolute Gasteiger partial charge is 0.497 e. The Morgan fingerprint density at radius 3 is 2.42 bits per heavy atom. The van der Waals surface area contributed by atoms with Crippen molar-refractivity contribution in [2.45, 2.75) is 24.4 Å². The fourth-order valence-electron chi connectivity index (χ4n) is 4.30. The highest BCUT2D eigenvalue weighted by atomic mass is 32.2. The minimum atomic E-state index is -0.387. The zero-order valence-corrected chi connectivity index (χ0v) is 22.4. The lowest BCUT2D eigenvalue weighted by Gasteiger charge is -2.27. The van der Waals surface area contributed by atoms with Crippen LogP contribution in [0.5, 0.6) is 11.5 Å². The van der Waals surface area contributed by atoms with Gasteiger partial charge in [0.25, 0.3) is 0 Å². The Morgan fingerprint density at radius 2 is 1.71 bits per heavy atom. The average molecular weight is 529 g/mol. The molecule has 0 unspecified atom stereocenters. The summed E-state index contributed by atoms with van der Waals surface area (Å²) in [4.78, 5) is 8.85. The Labute approximate surface area is 226 Å². The molecule has 0 bridgehead atoms. The van der Waals surface area contributed by atoms with Gasteiger partial charge in [-0.05, 0) is 66.2 Å². The van der Waals surface area contributed by atoms with E-state index in [1.54, 1.807) is 43.5 Å². The maximum atomic E-state index is 13.8. The van der Waals surface area contributed by atoms with Crippen LogP contribution in [0.4, 0.5) is 4.39 Å². The van der Waals surface area contributed by atoms with E-state index < -0.39 is 0 Å². The highest BCUT2D eigenvalue weighted by Gasteiger charge is 2.30. The molecule has 5 aromatic rings. The first-order valence-corrected chi connectivity index (χ1v) is 13.3. The van der Waals surface area contributed by atoms with Crippen molar-refractivity contribution in [2.75, 3.05) is 19.5 Å². The second-order valence-corrected chi connectivity index (χ2v) is 10.3. The molecule has 0 aliphatic rings. The summed E-state index contributed by atoms with van der Waals surface area (Å²) in [5, 5.41) is 0.821. The second-order valence-electron chi connectivity index (χ2n) is 9.26. The lowest BCUT2D eigenvalue weighted by molar-refractivity contribution is 0.344. The Morgan fingerprint density at radius 1 is 0.947 bits per heavy atom. The smallest absolute Gasteiger partial charge is 0.172 e. The predicted octanol–water partition coefficient (Wildman–Crippen LogP) is 6.70. The summed E-state index contributed by atoms with van der Waals surface area (Å²) >= 11 is 1.60. The molecule has 0 amide bonds. The summed E-state index contributed by atoms with van der Waals surface area (Å²) in [6.45, 7) is 4.83. The minimum Gasteiger partial charge on any atom is -0.497 e. The molecular formula is C30H29FN4O2S. The molecule has 0 fully saturated rings. The summed E-state index contributed by atoms with van der Waals surface area (Å²) < 4.78 is 29.3. The van der Waals surface area contributed by atoms with Gasteiger partial charge in [0.05, 0.1) is 31.9 Å². The van der Waals surface area contributed by atoms with Gasteiger partial charge in [0.1, 0.15) is 17.3 Å². The summed E-state index contributed by atoms with van der Waals surface area (Å²) in [5.74, 6) is 2.02. The molecule has 6 nitrogen and oxygen atoms in total. The SMILES string of the molecule is COc1cccc(C(C)(C)c2cnc(SCCOc3ccc(-n4ccnc4)cc3)n2-c2ccc(F)cc2)c1. The Bertz CT molecular complexity index is 1480. The topological polar surface area (TPSA) is 54.1 Å². The summed E-state index contributed by atoms with van der Waals surface area (Å²) in [6, 6.07) is 22.5. The van der Waals surface area contributed by atoms with E-state index in [1.165, 1.54) is 12.1 Å². The zero-order chi connectivity index (χ0) is 26.5.